The number of nitrogens with zero attached hydrogens (tertiary/aromatic N) is 1. The number of hydrogen-bond donors (Lipinski definition) is 1. The zero-order valence-electron chi connectivity index (χ0n) is 12.3. The van der Waals surface area contributed by atoms with Crippen LogP contribution in [-0.2, 0) is 4.79 Å². The Hall–Kier alpha value is -2.10. The Morgan fingerprint density at radius 2 is 2.00 bits per heavy atom. The molecule has 1 saturated carbocycles. The molecule has 2 aliphatic rings. The van der Waals surface area contributed by atoms with E-state index in [4.69, 9.17) is 4.74 Å². The Morgan fingerprint density at radius 3 is 2.67 bits per heavy atom. The van der Waals surface area contributed by atoms with Crippen molar-refractivity contribution < 1.29 is 9.53 Å². The highest BCUT2D eigenvalue weighted by Crippen LogP contribution is 2.28. The van der Waals surface area contributed by atoms with Crippen molar-refractivity contribution in [3.8, 4) is 5.75 Å². The van der Waals surface area contributed by atoms with Gasteiger partial charge in [-0.05, 0) is 43.5 Å². The van der Waals surface area contributed by atoms with Crippen molar-refractivity contribution in [3.63, 3.8) is 0 Å². The molecular formula is C17H20N2O2. The molecule has 0 unspecified atom stereocenters. The second-order valence-electron chi connectivity index (χ2n) is 5.46. The van der Waals surface area contributed by atoms with Gasteiger partial charge in [-0.1, -0.05) is 25.0 Å². The van der Waals surface area contributed by atoms with Gasteiger partial charge < -0.3 is 10.1 Å². The minimum Gasteiger partial charge on any atom is -0.494 e. The minimum atomic E-state index is -0.0919. The average Bonchev–Trinajstić information content (AvgIpc) is 3.12. The van der Waals surface area contributed by atoms with Crippen LogP contribution in [-0.4, -0.2) is 18.3 Å². The van der Waals surface area contributed by atoms with Crippen LogP contribution in [0.15, 0.2) is 35.0 Å². The van der Waals surface area contributed by atoms with Gasteiger partial charge in [-0.15, -0.1) is 0 Å². The van der Waals surface area contributed by atoms with Crippen molar-refractivity contribution in [1.29, 1.82) is 0 Å². The van der Waals surface area contributed by atoms with Crippen molar-refractivity contribution >= 4 is 17.8 Å². The van der Waals surface area contributed by atoms with Gasteiger partial charge in [-0.25, -0.2) is 4.99 Å². The predicted molar refractivity (Wildman–Crippen MR) is 83.1 cm³/mol. The van der Waals surface area contributed by atoms with Crippen LogP contribution in [0.5, 0.6) is 5.75 Å². The van der Waals surface area contributed by atoms with Crippen LogP contribution >= 0.6 is 0 Å². The lowest BCUT2D eigenvalue weighted by atomic mass is 10.1. The summed E-state index contributed by atoms with van der Waals surface area (Å²) in [7, 11) is 0. The Labute approximate surface area is 124 Å². The number of ether oxygens (including phenoxy) is 1. The van der Waals surface area contributed by atoms with Gasteiger partial charge in [0.05, 0.1) is 6.61 Å². The Morgan fingerprint density at radius 1 is 1.29 bits per heavy atom. The third-order valence-corrected chi connectivity index (χ3v) is 3.95. The van der Waals surface area contributed by atoms with E-state index in [1.807, 2.05) is 37.3 Å². The van der Waals surface area contributed by atoms with E-state index >= 15 is 0 Å². The number of carbonyl (C=O) groups excluding carboxylic acids is 1. The summed E-state index contributed by atoms with van der Waals surface area (Å²) in [6.07, 6.45) is 6.56. The highest BCUT2D eigenvalue weighted by Gasteiger charge is 2.28. The van der Waals surface area contributed by atoms with Crippen molar-refractivity contribution in [2.45, 2.75) is 32.6 Å². The summed E-state index contributed by atoms with van der Waals surface area (Å²) in [5.74, 6) is 2.03. The van der Waals surface area contributed by atoms with Gasteiger partial charge in [0.25, 0.3) is 5.91 Å². The molecule has 1 fully saturated rings. The molecule has 0 spiro atoms. The van der Waals surface area contributed by atoms with Crippen LogP contribution in [0, 0.1) is 5.92 Å². The van der Waals surface area contributed by atoms with Gasteiger partial charge in [-0.2, -0.15) is 0 Å². The zero-order valence-corrected chi connectivity index (χ0v) is 12.3. The van der Waals surface area contributed by atoms with Gasteiger partial charge in [0.2, 0.25) is 0 Å². The van der Waals surface area contributed by atoms with E-state index in [0.717, 1.165) is 30.0 Å². The molecular weight excluding hydrogens is 264 g/mol. The van der Waals surface area contributed by atoms with E-state index in [-0.39, 0.29) is 5.91 Å². The lowest BCUT2D eigenvalue weighted by Crippen LogP contribution is -2.29. The van der Waals surface area contributed by atoms with Crippen LogP contribution in [0.3, 0.4) is 0 Å². The standard InChI is InChI=1S/C17H20N2O2/c1-2-21-14-9-7-12(8-10-14)11-15-17(20)19-16(18-15)13-5-3-4-6-13/h7-11,13H,2-6H2,1H3,(H,18,19,20)/b15-11+. The number of hydrogen-bond acceptors (Lipinski definition) is 3. The smallest absolute Gasteiger partial charge is 0.275 e. The van der Waals surface area contributed by atoms with E-state index in [0.29, 0.717) is 18.2 Å². The molecule has 4 nitrogen and oxygen atoms in total. The lowest BCUT2D eigenvalue weighted by molar-refractivity contribution is -0.115. The lowest BCUT2D eigenvalue weighted by Gasteiger charge is -2.06. The van der Waals surface area contributed by atoms with Crippen LogP contribution in [0.4, 0.5) is 0 Å². The number of amides is 1. The maximum absolute atomic E-state index is 12.0. The third-order valence-electron chi connectivity index (χ3n) is 3.95. The van der Waals surface area contributed by atoms with Crippen molar-refractivity contribution in [3.05, 3.63) is 35.5 Å². The maximum Gasteiger partial charge on any atom is 0.275 e. The highest BCUT2D eigenvalue weighted by atomic mass is 16.5. The Balaban J connectivity index is 1.76. The summed E-state index contributed by atoms with van der Waals surface area (Å²) in [6.45, 7) is 2.61. The first-order chi connectivity index (χ1) is 10.3. The van der Waals surface area contributed by atoms with Crippen LogP contribution in [0.1, 0.15) is 38.2 Å². The van der Waals surface area contributed by atoms with Crippen molar-refractivity contribution in [1.82, 2.24) is 5.32 Å². The van der Waals surface area contributed by atoms with E-state index < -0.39 is 0 Å². The highest BCUT2D eigenvalue weighted by molar-refractivity contribution is 6.15. The monoisotopic (exact) mass is 284 g/mol. The fourth-order valence-electron chi connectivity index (χ4n) is 2.86. The van der Waals surface area contributed by atoms with E-state index in [2.05, 4.69) is 10.3 Å². The van der Waals surface area contributed by atoms with E-state index in [9.17, 15) is 4.79 Å². The number of rotatable bonds is 4. The molecule has 1 aliphatic carbocycles. The molecule has 21 heavy (non-hydrogen) atoms. The first kappa shape index (κ1) is 13.9. The molecule has 3 rings (SSSR count). The van der Waals surface area contributed by atoms with Gasteiger partial charge in [0.1, 0.15) is 17.3 Å². The van der Waals surface area contributed by atoms with Gasteiger partial charge in [0, 0.05) is 5.92 Å². The summed E-state index contributed by atoms with van der Waals surface area (Å²) in [4.78, 5) is 16.5. The van der Waals surface area contributed by atoms with Crippen molar-refractivity contribution in [2.75, 3.05) is 6.61 Å². The fraction of sp³-hybridized carbons (Fsp3) is 0.412. The quantitative estimate of drug-likeness (QED) is 0.863. The Kier molecular flexibility index (Phi) is 4.04. The minimum absolute atomic E-state index is 0.0919. The summed E-state index contributed by atoms with van der Waals surface area (Å²) in [5, 5.41) is 2.92. The zero-order chi connectivity index (χ0) is 14.7. The summed E-state index contributed by atoms with van der Waals surface area (Å²) < 4.78 is 5.41. The molecule has 0 bridgehead atoms. The summed E-state index contributed by atoms with van der Waals surface area (Å²) in [5.41, 5.74) is 1.46. The Bertz CT molecular complexity index is 581. The number of benzene rings is 1. The molecule has 0 radical (unpaired) electrons. The molecule has 110 valence electrons. The van der Waals surface area contributed by atoms with Crippen LogP contribution in [0.25, 0.3) is 6.08 Å². The number of nitrogens with one attached hydrogen (secondary N) is 1. The normalized spacial score (nSPS) is 20.7. The molecule has 1 aromatic carbocycles. The molecule has 4 heteroatoms. The SMILES string of the molecule is CCOc1ccc(/C=C2/N=C(C3CCCC3)NC2=O)cc1. The molecule has 0 saturated heterocycles. The second-order valence-corrected chi connectivity index (χ2v) is 5.46. The number of aliphatic imine (C=N–C) groups is 1. The summed E-state index contributed by atoms with van der Waals surface area (Å²) >= 11 is 0. The molecule has 1 aliphatic heterocycles. The first-order valence-corrected chi connectivity index (χ1v) is 7.61. The molecule has 1 N–H and O–H groups in total. The van der Waals surface area contributed by atoms with E-state index in [1.165, 1.54) is 12.8 Å². The topological polar surface area (TPSA) is 50.7 Å². The van der Waals surface area contributed by atoms with Crippen molar-refractivity contribution in [2.24, 2.45) is 10.9 Å². The van der Waals surface area contributed by atoms with Gasteiger partial charge in [-0.3, -0.25) is 4.79 Å². The number of carbonyl (C=O) groups is 1. The molecule has 1 aromatic rings. The van der Waals surface area contributed by atoms with Gasteiger partial charge >= 0.3 is 0 Å². The van der Waals surface area contributed by atoms with Gasteiger partial charge in [0.15, 0.2) is 0 Å². The molecule has 1 amide bonds. The second kappa shape index (κ2) is 6.12. The fourth-order valence-corrected chi connectivity index (χ4v) is 2.86. The third kappa shape index (κ3) is 3.15. The predicted octanol–water partition coefficient (Wildman–Crippen LogP) is 3.14. The maximum atomic E-state index is 12.0. The van der Waals surface area contributed by atoms with Crippen LogP contribution in [0.2, 0.25) is 0 Å². The molecule has 0 atom stereocenters. The molecule has 1 heterocycles. The number of amidine groups is 1. The first-order valence-electron chi connectivity index (χ1n) is 7.61. The van der Waals surface area contributed by atoms with E-state index in [1.54, 1.807) is 0 Å². The average molecular weight is 284 g/mol. The summed E-state index contributed by atoms with van der Waals surface area (Å²) in [6, 6.07) is 7.69. The van der Waals surface area contributed by atoms with Crippen LogP contribution < -0.4 is 10.1 Å². The largest absolute Gasteiger partial charge is 0.494 e. The molecule has 0 aromatic heterocycles.